The molecule has 0 unspecified atom stereocenters. The van der Waals surface area contributed by atoms with Gasteiger partial charge < -0.3 is 0 Å². The maximum Gasteiger partial charge on any atom is 0.165 e. The molecule has 32 valence electrons. The molecule has 0 amide bonds. The van der Waals surface area contributed by atoms with Gasteiger partial charge in [-0.15, -0.1) is 0 Å². The maximum atomic E-state index is 4.21. The van der Waals surface area contributed by atoms with Crippen LogP contribution in [0.5, 0.6) is 0 Å². The molecule has 0 fully saturated rings. The number of hydrogen-bond donors (Lipinski definition) is 0. The second-order valence-corrected chi connectivity index (χ2v) is 1.84. The first-order valence-electron chi connectivity index (χ1n) is 1.32. The Balaban J connectivity index is 3.05. The Kier molecular flexibility index (Phi) is 1.04. The van der Waals surface area contributed by atoms with Crippen molar-refractivity contribution in [3.8, 4) is 0 Å². The quantitative estimate of drug-likeness (QED) is 0.572. The van der Waals surface area contributed by atoms with E-state index in [0.717, 1.165) is 3.70 Å². The van der Waals surface area contributed by atoms with Crippen molar-refractivity contribution in [3.05, 3.63) is 9.90 Å². The minimum atomic E-state index is 0.785. The molecule has 0 bridgehead atoms. The second kappa shape index (κ2) is 1.55. The fraction of sp³-hybridized carbons (Fsp3) is 0. The summed E-state index contributed by atoms with van der Waals surface area (Å²) in [5.74, 6) is 0. The minimum absolute atomic E-state index is 0.785. The first-order chi connectivity index (χ1) is 2.89. The minimum Gasteiger partial charge on any atom is -0.244 e. The van der Waals surface area contributed by atoms with E-state index in [1.807, 2.05) is 22.6 Å². The van der Waals surface area contributed by atoms with E-state index in [1.165, 1.54) is 0 Å². The third kappa shape index (κ3) is 0.675. The third-order valence-electron chi connectivity index (χ3n) is 0.334. The van der Waals surface area contributed by atoms with Crippen molar-refractivity contribution in [2.24, 2.45) is 0 Å². The van der Waals surface area contributed by atoms with Crippen LogP contribution in [-0.4, -0.2) is 10.3 Å². The van der Waals surface area contributed by atoms with Crippen molar-refractivity contribution in [2.75, 3.05) is 0 Å². The summed E-state index contributed by atoms with van der Waals surface area (Å²) in [5, 5.41) is 6.75. The van der Waals surface area contributed by atoms with Gasteiger partial charge in [0.1, 0.15) is 6.20 Å². The Morgan fingerprint density at radius 3 is 2.83 bits per heavy atom. The summed E-state index contributed by atoms with van der Waals surface area (Å²) in [6.45, 7) is 0. The number of nitrogens with zero attached hydrogens (tertiary/aromatic N) is 2. The summed E-state index contributed by atoms with van der Waals surface area (Å²) in [5.41, 5.74) is 0. The van der Waals surface area contributed by atoms with E-state index in [-0.39, 0.29) is 0 Å². The van der Waals surface area contributed by atoms with Gasteiger partial charge >= 0.3 is 0 Å². The van der Waals surface area contributed by atoms with Crippen molar-refractivity contribution in [2.45, 2.75) is 0 Å². The fourth-order valence-corrected chi connectivity index (χ4v) is 0.355. The summed E-state index contributed by atoms with van der Waals surface area (Å²) in [6, 6.07) is 0. The monoisotopic (exact) mass is 196 g/mol. The smallest absolute Gasteiger partial charge is 0.165 e. The van der Waals surface area contributed by atoms with E-state index in [0.29, 0.717) is 0 Å². The molecule has 1 rings (SSSR count). The average molecular weight is 196 g/mol. The average Bonchev–Trinajstić information content (AvgIpc) is 1.86. The molecule has 1 aromatic heterocycles. The van der Waals surface area contributed by atoms with Gasteiger partial charge in [0.2, 0.25) is 0 Å². The van der Waals surface area contributed by atoms with Crippen molar-refractivity contribution in [1.29, 1.82) is 0 Å². The highest BCUT2D eigenvalue weighted by Gasteiger charge is 1.82. The van der Waals surface area contributed by atoms with E-state index in [2.05, 4.69) is 14.9 Å². The first-order valence-corrected chi connectivity index (χ1v) is 2.40. The van der Waals surface area contributed by atoms with Crippen LogP contribution in [0.15, 0.2) is 10.8 Å². The molecule has 0 aliphatic carbocycles. The maximum absolute atomic E-state index is 4.21. The van der Waals surface area contributed by atoms with E-state index in [9.17, 15) is 0 Å². The van der Waals surface area contributed by atoms with Gasteiger partial charge in [-0.3, -0.25) is 0 Å². The van der Waals surface area contributed by atoms with Crippen molar-refractivity contribution in [3.63, 3.8) is 0 Å². The lowest BCUT2D eigenvalue weighted by atomic mass is 11.0. The number of aromatic nitrogens is 2. The molecule has 0 aliphatic rings. The van der Waals surface area contributed by atoms with E-state index in [4.69, 9.17) is 0 Å². The van der Waals surface area contributed by atoms with Gasteiger partial charge in [-0.25, -0.2) is 4.63 Å². The molecule has 0 atom stereocenters. The molecule has 4 heteroatoms. The van der Waals surface area contributed by atoms with Crippen molar-refractivity contribution < 1.29 is 4.63 Å². The highest BCUT2D eigenvalue weighted by molar-refractivity contribution is 14.1. The number of hydrogen-bond acceptors (Lipinski definition) is 3. The van der Waals surface area contributed by atoms with Gasteiger partial charge in [0.15, 0.2) is 3.70 Å². The molecule has 0 saturated carbocycles. The number of rotatable bonds is 0. The molecule has 0 aliphatic heterocycles. The Morgan fingerprint density at radius 2 is 2.67 bits per heavy atom. The zero-order valence-corrected chi connectivity index (χ0v) is 4.92. The molecule has 3 nitrogen and oxygen atoms in total. The SMILES string of the molecule is Ic1cnon1. The fourth-order valence-electron chi connectivity index (χ4n) is 0.153. The molecule has 0 N–H and O–H groups in total. The van der Waals surface area contributed by atoms with Crippen LogP contribution < -0.4 is 0 Å². The topological polar surface area (TPSA) is 38.9 Å². The summed E-state index contributed by atoms with van der Waals surface area (Å²) in [7, 11) is 0. The number of halogens is 1. The van der Waals surface area contributed by atoms with Gasteiger partial charge in [0.05, 0.1) is 0 Å². The Morgan fingerprint density at radius 1 is 1.83 bits per heavy atom. The molecule has 1 aromatic rings. The molecule has 0 saturated heterocycles. The summed E-state index contributed by atoms with van der Waals surface area (Å²) < 4.78 is 4.99. The van der Waals surface area contributed by atoms with E-state index in [1.54, 1.807) is 6.20 Å². The van der Waals surface area contributed by atoms with Gasteiger partial charge in [0, 0.05) is 0 Å². The highest BCUT2D eigenvalue weighted by Crippen LogP contribution is 1.92. The molecular formula is C2HIN2O. The zero-order valence-electron chi connectivity index (χ0n) is 2.76. The predicted molar refractivity (Wildman–Crippen MR) is 27.0 cm³/mol. The van der Waals surface area contributed by atoms with Crippen LogP contribution in [-0.2, 0) is 0 Å². The van der Waals surface area contributed by atoms with Crippen LogP contribution in [0.25, 0.3) is 0 Å². The standard InChI is InChI=1S/C2HIN2O/c3-2-1-4-6-5-2/h1H. The summed E-state index contributed by atoms with van der Waals surface area (Å²) >= 11 is 2.01. The van der Waals surface area contributed by atoms with E-state index < -0.39 is 0 Å². The van der Waals surface area contributed by atoms with E-state index >= 15 is 0 Å². The van der Waals surface area contributed by atoms with Crippen molar-refractivity contribution in [1.82, 2.24) is 10.3 Å². The molecule has 6 heavy (non-hydrogen) atoms. The Hall–Kier alpha value is -0.130. The van der Waals surface area contributed by atoms with Crippen LogP contribution >= 0.6 is 22.6 Å². The lowest BCUT2D eigenvalue weighted by Gasteiger charge is -1.55. The lowest BCUT2D eigenvalue weighted by Crippen LogP contribution is -1.57. The van der Waals surface area contributed by atoms with Crippen LogP contribution in [0.3, 0.4) is 0 Å². The second-order valence-electron chi connectivity index (χ2n) is 0.730. The van der Waals surface area contributed by atoms with Crippen LogP contribution in [0.2, 0.25) is 0 Å². The van der Waals surface area contributed by atoms with Gasteiger partial charge in [0.25, 0.3) is 0 Å². The molecule has 0 radical (unpaired) electrons. The largest absolute Gasteiger partial charge is 0.244 e. The summed E-state index contributed by atoms with van der Waals surface area (Å²) in [6.07, 6.45) is 1.54. The molecule has 0 aromatic carbocycles. The Labute approximate surface area is 47.8 Å². The normalized spacial score (nSPS) is 8.83. The third-order valence-corrected chi connectivity index (χ3v) is 0.810. The lowest BCUT2D eigenvalue weighted by molar-refractivity contribution is 0.304. The highest BCUT2D eigenvalue weighted by atomic mass is 127. The van der Waals surface area contributed by atoms with Gasteiger partial charge in [-0.2, -0.15) is 0 Å². The van der Waals surface area contributed by atoms with Crippen LogP contribution in [0, 0.1) is 3.70 Å². The Bertz CT molecular complexity index is 115. The van der Waals surface area contributed by atoms with Gasteiger partial charge in [-0.1, -0.05) is 5.16 Å². The zero-order chi connectivity index (χ0) is 4.41. The molecule has 0 spiro atoms. The first kappa shape index (κ1) is 4.04. The van der Waals surface area contributed by atoms with Crippen LogP contribution in [0.1, 0.15) is 0 Å². The van der Waals surface area contributed by atoms with Crippen molar-refractivity contribution >= 4 is 22.6 Å². The molecule has 1 heterocycles. The predicted octanol–water partition coefficient (Wildman–Crippen LogP) is 0.674. The van der Waals surface area contributed by atoms with Crippen LogP contribution in [0.4, 0.5) is 0 Å². The van der Waals surface area contributed by atoms with Gasteiger partial charge in [-0.05, 0) is 27.7 Å². The molecular weight excluding hydrogens is 195 g/mol. The summed E-state index contributed by atoms with van der Waals surface area (Å²) in [4.78, 5) is 0.